The number of ether oxygens (including phenoxy) is 1. The van der Waals surface area contributed by atoms with Gasteiger partial charge in [0.1, 0.15) is 23.5 Å². The third-order valence-corrected chi connectivity index (χ3v) is 7.72. The van der Waals surface area contributed by atoms with Gasteiger partial charge in [0, 0.05) is 12.7 Å². The molecule has 0 saturated carbocycles. The molecule has 0 aromatic heterocycles. The number of esters is 1. The average molecular weight is 568 g/mol. The molecule has 2 N–H and O–H groups in total. The Bertz CT molecular complexity index is 1200. The number of benzene rings is 2. The Hall–Kier alpha value is -3.66. The fraction of sp³-hybridized carbons (Fsp3) is 0.433. The molecule has 1 saturated heterocycles. The van der Waals surface area contributed by atoms with Gasteiger partial charge in [-0.2, -0.15) is 0 Å². The van der Waals surface area contributed by atoms with Crippen molar-refractivity contribution in [3.63, 3.8) is 0 Å². The highest BCUT2D eigenvalue weighted by Gasteiger charge is 2.44. The van der Waals surface area contributed by atoms with Gasteiger partial charge >= 0.3 is 5.97 Å². The summed E-state index contributed by atoms with van der Waals surface area (Å²) in [6.45, 7) is 8.27. The second-order valence-electron chi connectivity index (χ2n) is 10.3. The maximum absolute atomic E-state index is 13.9. The van der Waals surface area contributed by atoms with E-state index < -0.39 is 47.3 Å². The monoisotopic (exact) mass is 567 g/mol. The molecule has 3 amide bonds. The summed E-state index contributed by atoms with van der Waals surface area (Å²) in [5, 5.41) is 5.18. The van der Waals surface area contributed by atoms with Crippen LogP contribution >= 0.6 is 11.8 Å². The van der Waals surface area contributed by atoms with E-state index in [0.29, 0.717) is 11.3 Å². The number of nitrogens with zero attached hydrogens (tertiary/aromatic N) is 1. The number of nitrogens with one attached hydrogen (secondary N) is 2. The summed E-state index contributed by atoms with van der Waals surface area (Å²) in [6, 6.07) is 17.5. The predicted molar refractivity (Wildman–Crippen MR) is 153 cm³/mol. The molecule has 2 aromatic rings. The summed E-state index contributed by atoms with van der Waals surface area (Å²) in [4.78, 5) is 66.8. The van der Waals surface area contributed by atoms with Crippen molar-refractivity contribution in [2.45, 2.75) is 64.7 Å². The molecule has 0 spiro atoms. The van der Waals surface area contributed by atoms with Crippen molar-refractivity contribution in [2.24, 2.45) is 11.8 Å². The zero-order chi connectivity index (χ0) is 29.4. The highest BCUT2D eigenvalue weighted by molar-refractivity contribution is 7.99. The van der Waals surface area contributed by atoms with Gasteiger partial charge in [-0.25, -0.2) is 4.79 Å². The van der Waals surface area contributed by atoms with Gasteiger partial charge in [0.2, 0.25) is 17.7 Å². The number of carbonyl (C=O) groups excluding carboxylic acids is 5. The quantitative estimate of drug-likeness (QED) is 0.243. The lowest BCUT2D eigenvalue weighted by atomic mass is 9.94. The van der Waals surface area contributed by atoms with Gasteiger partial charge in [0.15, 0.2) is 0 Å². The average Bonchev–Trinajstić information content (AvgIpc) is 3.33. The normalized spacial score (nSPS) is 18.2. The first-order chi connectivity index (χ1) is 19.0. The van der Waals surface area contributed by atoms with E-state index in [0.717, 1.165) is 5.56 Å². The van der Waals surface area contributed by atoms with Crippen LogP contribution in [0.15, 0.2) is 60.7 Å². The van der Waals surface area contributed by atoms with Gasteiger partial charge in [-0.1, -0.05) is 74.5 Å². The van der Waals surface area contributed by atoms with Crippen LogP contribution < -0.4 is 10.6 Å². The van der Waals surface area contributed by atoms with Crippen LogP contribution in [0.5, 0.6) is 0 Å². The van der Waals surface area contributed by atoms with Crippen LogP contribution in [0, 0.1) is 11.8 Å². The van der Waals surface area contributed by atoms with Gasteiger partial charge in [-0.3, -0.25) is 19.2 Å². The standard InChI is InChI=1S/C30H37N3O6S/c1-18(2)25(31-20(5)34)28(37)33-24(17-40-29(33)22-14-10-7-11-15-22)32-27(36)23(16-21-12-8-6-9-13-21)26(35)30(38)39-19(3)4/h6-15,18-19,23-25,29H,16-17H2,1-5H3,(H,31,34)(H,32,36)/t23-,24+,25-,29+/m0/s1. The van der Waals surface area contributed by atoms with Crippen molar-refractivity contribution >= 4 is 41.2 Å². The fourth-order valence-electron chi connectivity index (χ4n) is 4.49. The van der Waals surface area contributed by atoms with Crippen molar-refractivity contribution in [2.75, 3.05) is 5.75 Å². The lowest BCUT2D eigenvalue weighted by Crippen LogP contribution is -2.57. The predicted octanol–water partition coefficient (Wildman–Crippen LogP) is 3.24. The number of rotatable bonds is 11. The Labute approximate surface area is 239 Å². The highest BCUT2D eigenvalue weighted by atomic mass is 32.2. The number of hydrogen-bond acceptors (Lipinski definition) is 7. The lowest BCUT2D eigenvalue weighted by molar-refractivity contribution is -0.160. The van der Waals surface area contributed by atoms with Crippen LogP contribution in [0.4, 0.5) is 0 Å². The maximum atomic E-state index is 13.9. The van der Waals surface area contributed by atoms with Crippen LogP contribution in [0.2, 0.25) is 0 Å². The van der Waals surface area contributed by atoms with Crippen LogP contribution in [-0.2, 0) is 35.1 Å². The van der Waals surface area contributed by atoms with Crippen LogP contribution in [0.1, 0.15) is 51.1 Å². The van der Waals surface area contributed by atoms with Gasteiger partial charge in [0.05, 0.1) is 6.10 Å². The largest absolute Gasteiger partial charge is 0.457 e. The van der Waals surface area contributed by atoms with Crippen molar-refractivity contribution in [1.29, 1.82) is 0 Å². The molecule has 1 heterocycles. The second-order valence-corrected chi connectivity index (χ2v) is 11.5. The maximum Gasteiger partial charge on any atom is 0.375 e. The van der Waals surface area contributed by atoms with E-state index in [9.17, 15) is 24.0 Å². The van der Waals surface area contributed by atoms with Gasteiger partial charge in [0.25, 0.3) is 5.78 Å². The Morgan fingerprint density at radius 3 is 2.10 bits per heavy atom. The van der Waals surface area contributed by atoms with E-state index in [1.807, 2.05) is 50.2 Å². The first-order valence-electron chi connectivity index (χ1n) is 13.3. The van der Waals surface area contributed by atoms with Crippen molar-refractivity contribution in [3.05, 3.63) is 71.8 Å². The summed E-state index contributed by atoms with van der Waals surface area (Å²) in [6.07, 6.45) is -1.31. The van der Waals surface area contributed by atoms with E-state index in [1.165, 1.54) is 18.7 Å². The molecule has 214 valence electrons. The molecular formula is C30H37N3O6S. The molecule has 1 fully saturated rings. The summed E-state index contributed by atoms with van der Waals surface area (Å²) in [5.74, 6) is -4.59. The molecule has 2 aromatic carbocycles. The van der Waals surface area contributed by atoms with E-state index in [4.69, 9.17) is 4.74 Å². The zero-order valence-corrected chi connectivity index (χ0v) is 24.3. The third-order valence-electron chi connectivity index (χ3n) is 6.40. The topological polar surface area (TPSA) is 122 Å². The van der Waals surface area contributed by atoms with Crippen LogP contribution in [-0.4, -0.2) is 58.4 Å². The summed E-state index contributed by atoms with van der Waals surface area (Å²) in [5.41, 5.74) is 1.56. The van der Waals surface area contributed by atoms with E-state index in [2.05, 4.69) is 10.6 Å². The van der Waals surface area contributed by atoms with Crippen LogP contribution in [0.3, 0.4) is 0 Å². The molecule has 0 unspecified atom stereocenters. The van der Waals surface area contributed by atoms with Gasteiger partial charge in [-0.05, 0) is 37.3 Å². The molecular weight excluding hydrogens is 530 g/mol. The highest BCUT2D eigenvalue weighted by Crippen LogP contribution is 2.41. The number of Topliss-reactive ketones (excluding diaryl/α,β-unsaturated/α-hetero) is 1. The van der Waals surface area contributed by atoms with Crippen LogP contribution in [0.25, 0.3) is 0 Å². The Morgan fingerprint density at radius 1 is 0.950 bits per heavy atom. The first kappa shape index (κ1) is 30.9. The molecule has 0 aliphatic carbocycles. The molecule has 10 heteroatoms. The summed E-state index contributed by atoms with van der Waals surface area (Å²) < 4.78 is 5.10. The minimum atomic E-state index is -1.34. The molecule has 9 nitrogen and oxygen atoms in total. The smallest absolute Gasteiger partial charge is 0.375 e. The Balaban J connectivity index is 1.93. The molecule has 0 bridgehead atoms. The summed E-state index contributed by atoms with van der Waals surface area (Å²) in [7, 11) is 0. The molecule has 1 aliphatic heterocycles. The Kier molecular flexibility index (Phi) is 10.9. The minimum Gasteiger partial charge on any atom is -0.457 e. The zero-order valence-electron chi connectivity index (χ0n) is 23.5. The number of amides is 3. The Morgan fingerprint density at radius 2 is 1.55 bits per heavy atom. The number of hydrogen-bond donors (Lipinski definition) is 2. The van der Waals surface area contributed by atoms with Crippen molar-refractivity contribution < 1.29 is 28.7 Å². The lowest BCUT2D eigenvalue weighted by Gasteiger charge is -2.35. The van der Waals surface area contributed by atoms with Gasteiger partial charge in [-0.15, -0.1) is 11.8 Å². The molecule has 1 aliphatic rings. The molecule has 4 atom stereocenters. The van der Waals surface area contributed by atoms with E-state index >= 15 is 0 Å². The number of ketones is 1. The second kappa shape index (κ2) is 14.1. The van der Waals surface area contributed by atoms with E-state index in [-0.39, 0.29) is 24.2 Å². The number of carbonyl (C=O) groups is 5. The van der Waals surface area contributed by atoms with E-state index in [1.54, 1.807) is 43.0 Å². The van der Waals surface area contributed by atoms with Crippen molar-refractivity contribution in [3.8, 4) is 0 Å². The molecule has 3 rings (SSSR count). The SMILES string of the molecule is CC(=O)N[C@H](C(=O)N1[C@@H](NC(=O)[C@@H](Cc2ccccc2)C(=O)C(=O)OC(C)C)CS[C@@H]1c1ccccc1)C(C)C. The molecule has 40 heavy (non-hydrogen) atoms. The minimum absolute atomic E-state index is 0.00483. The molecule has 0 radical (unpaired) electrons. The first-order valence-corrected chi connectivity index (χ1v) is 14.4. The third kappa shape index (κ3) is 7.94. The number of thioether (sulfide) groups is 1. The fourth-order valence-corrected chi connectivity index (χ4v) is 5.86. The van der Waals surface area contributed by atoms with Crippen molar-refractivity contribution in [1.82, 2.24) is 15.5 Å². The van der Waals surface area contributed by atoms with Gasteiger partial charge < -0.3 is 20.3 Å². The summed E-state index contributed by atoms with van der Waals surface area (Å²) >= 11 is 1.47.